The summed E-state index contributed by atoms with van der Waals surface area (Å²) in [6, 6.07) is 0.928. The van der Waals surface area contributed by atoms with E-state index in [1.165, 1.54) is 83.7 Å². The summed E-state index contributed by atoms with van der Waals surface area (Å²) in [5.41, 5.74) is 0. The van der Waals surface area contributed by atoms with Crippen LogP contribution in [0.4, 0.5) is 0 Å². The van der Waals surface area contributed by atoms with Crippen molar-refractivity contribution in [2.75, 3.05) is 13.1 Å². The molecule has 0 radical (unpaired) electrons. The van der Waals surface area contributed by atoms with Crippen molar-refractivity contribution in [3.63, 3.8) is 0 Å². The Hall–Kier alpha value is -0.0400. The lowest BCUT2D eigenvalue weighted by Gasteiger charge is -2.36. The Morgan fingerprint density at radius 2 is 1.65 bits per heavy atom. The zero-order chi connectivity index (χ0) is 12.3. The van der Waals surface area contributed by atoms with Crippen LogP contribution in [0.1, 0.15) is 84.5 Å². The molecule has 1 aliphatic heterocycles. The molecule has 102 valence electrons. The molecule has 1 rings (SSSR count). The van der Waals surface area contributed by atoms with Crippen molar-refractivity contribution < 1.29 is 0 Å². The summed E-state index contributed by atoms with van der Waals surface area (Å²) in [4.78, 5) is 2.80. The predicted molar refractivity (Wildman–Crippen MR) is 77.5 cm³/mol. The number of piperidine rings is 1. The molecule has 0 N–H and O–H groups in total. The Kier molecular flexibility index (Phi) is 8.78. The first-order valence-corrected chi connectivity index (χ1v) is 8.12. The first-order valence-electron chi connectivity index (χ1n) is 8.12. The van der Waals surface area contributed by atoms with Gasteiger partial charge in [-0.15, -0.1) is 0 Å². The van der Waals surface area contributed by atoms with Crippen molar-refractivity contribution in [3.05, 3.63) is 0 Å². The van der Waals surface area contributed by atoms with Gasteiger partial charge in [0.2, 0.25) is 0 Å². The molecule has 1 fully saturated rings. The molecule has 1 nitrogen and oxygen atoms in total. The van der Waals surface area contributed by atoms with E-state index >= 15 is 0 Å². The molecular formula is C16H33N. The van der Waals surface area contributed by atoms with E-state index < -0.39 is 0 Å². The van der Waals surface area contributed by atoms with Gasteiger partial charge < -0.3 is 4.90 Å². The topological polar surface area (TPSA) is 3.24 Å². The summed E-state index contributed by atoms with van der Waals surface area (Å²) in [5, 5.41) is 0. The van der Waals surface area contributed by atoms with Gasteiger partial charge in [-0.05, 0) is 38.8 Å². The second-order valence-corrected chi connectivity index (χ2v) is 5.74. The third-order valence-corrected chi connectivity index (χ3v) is 4.19. The molecule has 0 bridgehead atoms. The van der Waals surface area contributed by atoms with Crippen molar-refractivity contribution >= 4 is 0 Å². The number of rotatable bonds is 9. The van der Waals surface area contributed by atoms with Crippen LogP contribution in [0.15, 0.2) is 0 Å². The van der Waals surface area contributed by atoms with Crippen LogP contribution in [0.5, 0.6) is 0 Å². The van der Waals surface area contributed by atoms with Crippen LogP contribution in [-0.2, 0) is 0 Å². The number of unbranched alkanes of at least 4 members (excludes halogenated alkanes) is 5. The zero-order valence-corrected chi connectivity index (χ0v) is 12.2. The van der Waals surface area contributed by atoms with Crippen LogP contribution in [0.2, 0.25) is 0 Å². The summed E-state index contributed by atoms with van der Waals surface area (Å²) in [6.07, 6.45) is 15.8. The van der Waals surface area contributed by atoms with Crippen molar-refractivity contribution in [3.8, 4) is 0 Å². The van der Waals surface area contributed by atoms with E-state index in [1.54, 1.807) is 0 Å². The lowest BCUT2D eigenvalue weighted by molar-refractivity contribution is 0.135. The standard InChI is InChI=1S/C16H33N/c1-3-5-7-8-12-16-13-9-11-15-17(16)14-10-6-4-2/h16H,3-15H2,1-2H3. The third-order valence-electron chi connectivity index (χ3n) is 4.19. The normalized spacial score (nSPS) is 21.9. The zero-order valence-electron chi connectivity index (χ0n) is 12.2. The molecule has 0 aliphatic carbocycles. The van der Waals surface area contributed by atoms with Crippen LogP contribution in [0.3, 0.4) is 0 Å². The summed E-state index contributed by atoms with van der Waals surface area (Å²) >= 11 is 0. The number of hydrogen-bond acceptors (Lipinski definition) is 1. The molecule has 1 heteroatoms. The van der Waals surface area contributed by atoms with Gasteiger partial charge in [0.1, 0.15) is 0 Å². The molecular weight excluding hydrogens is 206 g/mol. The molecule has 0 aromatic rings. The van der Waals surface area contributed by atoms with E-state index in [4.69, 9.17) is 0 Å². The Morgan fingerprint density at radius 1 is 0.882 bits per heavy atom. The summed E-state index contributed by atoms with van der Waals surface area (Å²) < 4.78 is 0. The quantitative estimate of drug-likeness (QED) is 0.512. The maximum absolute atomic E-state index is 2.80. The van der Waals surface area contributed by atoms with Crippen molar-refractivity contribution in [1.82, 2.24) is 4.90 Å². The summed E-state index contributed by atoms with van der Waals surface area (Å²) in [7, 11) is 0. The average Bonchev–Trinajstić information content (AvgIpc) is 2.36. The first kappa shape index (κ1) is 15.0. The Balaban J connectivity index is 2.17. The Morgan fingerprint density at radius 3 is 2.41 bits per heavy atom. The summed E-state index contributed by atoms with van der Waals surface area (Å²) in [5.74, 6) is 0. The van der Waals surface area contributed by atoms with Gasteiger partial charge in [-0.25, -0.2) is 0 Å². The molecule has 0 spiro atoms. The number of nitrogens with zero attached hydrogens (tertiary/aromatic N) is 1. The molecule has 1 atom stereocenters. The molecule has 0 aromatic heterocycles. The largest absolute Gasteiger partial charge is 0.300 e. The van der Waals surface area contributed by atoms with E-state index in [9.17, 15) is 0 Å². The maximum atomic E-state index is 2.80. The fourth-order valence-electron chi connectivity index (χ4n) is 3.05. The van der Waals surface area contributed by atoms with Crippen LogP contribution in [0.25, 0.3) is 0 Å². The average molecular weight is 239 g/mol. The SMILES string of the molecule is CCCCCCC1CCCCN1CCCCC. The van der Waals surface area contributed by atoms with Gasteiger partial charge in [0.15, 0.2) is 0 Å². The monoisotopic (exact) mass is 239 g/mol. The number of hydrogen-bond donors (Lipinski definition) is 0. The van der Waals surface area contributed by atoms with E-state index in [-0.39, 0.29) is 0 Å². The highest BCUT2D eigenvalue weighted by Gasteiger charge is 2.20. The molecule has 1 saturated heterocycles. The van der Waals surface area contributed by atoms with E-state index in [0.29, 0.717) is 0 Å². The minimum Gasteiger partial charge on any atom is -0.300 e. The van der Waals surface area contributed by atoms with Crippen molar-refractivity contribution in [2.24, 2.45) is 0 Å². The van der Waals surface area contributed by atoms with Gasteiger partial charge in [-0.1, -0.05) is 58.8 Å². The molecule has 17 heavy (non-hydrogen) atoms. The molecule has 1 heterocycles. The van der Waals surface area contributed by atoms with Crippen molar-refractivity contribution in [2.45, 2.75) is 90.5 Å². The van der Waals surface area contributed by atoms with Crippen LogP contribution >= 0.6 is 0 Å². The number of likely N-dealkylation sites (tertiary alicyclic amines) is 1. The van der Waals surface area contributed by atoms with Gasteiger partial charge in [0.25, 0.3) is 0 Å². The van der Waals surface area contributed by atoms with Gasteiger partial charge in [-0.3, -0.25) is 0 Å². The van der Waals surface area contributed by atoms with Crippen LogP contribution in [0, 0.1) is 0 Å². The van der Waals surface area contributed by atoms with Crippen molar-refractivity contribution in [1.29, 1.82) is 0 Å². The Labute approximate surface area is 109 Å². The van der Waals surface area contributed by atoms with Crippen LogP contribution < -0.4 is 0 Å². The molecule has 0 saturated carbocycles. The lowest BCUT2D eigenvalue weighted by atomic mass is 9.96. The molecule has 1 aliphatic rings. The van der Waals surface area contributed by atoms with Gasteiger partial charge in [0.05, 0.1) is 0 Å². The second kappa shape index (κ2) is 9.94. The molecule has 0 aromatic carbocycles. The first-order chi connectivity index (χ1) is 8.38. The minimum atomic E-state index is 0.928. The predicted octanol–water partition coefficient (Wildman–Crippen LogP) is 5.00. The third kappa shape index (κ3) is 6.45. The second-order valence-electron chi connectivity index (χ2n) is 5.74. The highest BCUT2D eigenvalue weighted by molar-refractivity contribution is 4.76. The summed E-state index contributed by atoms with van der Waals surface area (Å²) in [6.45, 7) is 7.35. The van der Waals surface area contributed by atoms with Gasteiger partial charge in [-0.2, -0.15) is 0 Å². The van der Waals surface area contributed by atoms with E-state index in [1.807, 2.05) is 0 Å². The minimum absolute atomic E-state index is 0.928. The lowest BCUT2D eigenvalue weighted by Crippen LogP contribution is -2.40. The van der Waals surface area contributed by atoms with E-state index in [0.717, 1.165) is 6.04 Å². The Bertz CT molecular complexity index is 167. The van der Waals surface area contributed by atoms with Crippen LogP contribution in [-0.4, -0.2) is 24.0 Å². The highest BCUT2D eigenvalue weighted by Crippen LogP contribution is 2.22. The smallest absolute Gasteiger partial charge is 0.00952 e. The van der Waals surface area contributed by atoms with Gasteiger partial charge in [0, 0.05) is 6.04 Å². The highest BCUT2D eigenvalue weighted by atomic mass is 15.2. The fraction of sp³-hybridized carbons (Fsp3) is 1.00. The molecule has 0 amide bonds. The maximum Gasteiger partial charge on any atom is 0.00952 e. The molecule has 1 unspecified atom stereocenters. The van der Waals surface area contributed by atoms with Gasteiger partial charge >= 0.3 is 0 Å². The van der Waals surface area contributed by atoms with E-state index in [2.05, 4.69) is 18.7 Å². The fourth-order valence-corrected chi connectivity index (χ4v) is 3.05.